The lowest BCUT2D eigenvalue weighted by atomic mass is 10.1. The van der Waals surface area contributed by atoms with Gasteiger partial charge < -0.3 is 10.1 Å². The van der Waals surface area contributed by atoms with Crippen LogP contribution in [0.1, 0.15) is 38.3 Å². The van der Waals surface area contributed by atoms with E-state index in [0.717, 1.165) is 12.8 Å². The highest BCUT2D eigenvalue weighted by molar-refractivity contribution is 5.31. The van der Waals surface area contributed by atoms with Gasteiger partial charge in [0, 0.05) is 0 Å². The molecule has 1 atom stereocenters. The number of hydrogen-bond acceptors (Lipinski definition) is 2. The molecule has 0 spiro atoms. The Labute approximate surface area is 107 Å². The first-order chi connectivity index (χ1) is 8.69. The minimum absolute atomic E-state index is 0.576. The van der Waals surface area contributed by atoms with Crippen LogP contribution in [0.5, 0.6) is 5.75 Å². The van der Waals surface area contributed by atoms with Gasteiger partial charge in [0.2, 0.25) is 0 Å². The zero-order valence-corrected chi connectivity index (χ0v) is 11.0. The van der Waals surface area contributed by atoms with Crippen LogP contribution in [0.2, 0.25) is 0 Å². The van der Waals surface area contributed by atoms with E-state index in [1.807, 2.05) is 13.8 Å². The largest absolute Gasteiger partial charge is 0.494 e. The van der Waals surface area contributed by atoms with Crippen LogP contribution in [-0.2, 0) is 0 Å². The van der Waals surface area contributed by atoms with E-state index in [2.05, 4.69) is 5.32 Å². The van der Waals surface area contributed by atoms with Crippen molar-refractivity contribution in [1.82, 2.24) is 5.32 Å². The minimum atomic E-state index is -2.42. The van der Waals surface area contributed by atoms with Crippen LogP contribution in [-0.4, -0.2) is 19.6 Å². The molecule has 0 aliphatic heterocycles. The van der Waals surface area contributed by atoms with Crippen LogP contribution in [0.15, 0.2) is 24.3 Å². The van der Waals surface area contributed by atoms with Gasteiger partial charge in [-0.05, 0) is 37.1 Å². The number of alkyl halides is 2. The second-order valence-corrected chi connectivity index (χ2v) is 4.19. The summed E-state index contributed by atoms with van der Waals surface area (Å²) >= 11 is 0. The Kier molecular flexibility index (Phi) is 6.65. The Morgan fingerprint density at radius 3 is 2.61 bits per heavy atom. The van der Waals surface area contributed by atoms with Crippen LogP contribution in [0.4, 0.5) is 8.78 Å². The van der Waals surface area contributed by atoms with Gasteiger partial charge in [0.1, 0.15) is 5.75 Å². The summed E-state index contributed by atoms with van der Waals surface area (Å²) in [5.41, 5.74) is 0.576. The molecule has 0 fully saturated rings. The maximum absolute atomic E-state index is 13.0. The Bertz CT molecular complexity index is 344. The lowest BCUT2D eigenvalue weighted by molar-refractivity contribution is 0.0984. The predicted molar refractivity (Wildman–Crippen MR) is 69.3 cm³/mol. The van der Waals surface area contributed by atoms with Crippen LogP contribution >= 0.6 is 0 Å². The summed E-state index contributed by atoms with van der Waals surface area (Å²) < 4.78 is 31.4. The SMILES string of the molecule is CCCNC(c1cccc(OCCC)c1)C(F)F. The first-order valence-corrected chi connectivity index (χ1v) is 6.43. The number of nitrogens with one attached hydrogen (secondary N) is 1. The molecule has 18 heavy (non-hydrogen) atoms. The molecule has 0 heterocycles. The molecule has 0 saturated heterocycles. The number of rotatable bonds is 8. The molecule has 1 aromatic carbocycles. The molecule has 1 rings (SSSR count). The average molecular weight is 257 g/mol. The van der Waals surface area contributed by atoms with Gasteiger partial charge in [0.25, 0.3) is 6.43 Å². The van der Waals surface area contributed by atoms with Crippen LogP contribution in [0.25, 0.3) is 0 Å². The molecule has 0 aliphatic carbocycles. The van der Waals surface area contributed by atoms with E-state index >= 15 is 0 Å². The summed E-state index contributed by atoms with van der Waals surface area (Å²) in [6.45, 7) is 5.14. The lowest BCUT2D eigenvalue weighted by Crippen LogP contribution is -2.28. The van der Waals surface area contributed by atoms with Gasteiger partial charge in [0.05, 0.1) is 12.6 Å². The van der Waals surface area contributed by atoms with Gasteiger partial charge in [-0.15, -0.1) is 0 Å². The molecule has 4 heteroatoms. The fraction of sp³-hybridized carbons (Fsp3) is 0.571. The van der Waals surface area contributed by atoms with Crippen molar-refractivity contribution in [2.75, 3.05) is 13.2 Å². The normalized spacial score (nSPS) is 12.7. The number of benzene rings is 1. The maximum atomic E-state index is 13.0. The molecule has 1 unspecified atom stereocenters. The van der Waals surface area contributed by atoms with Crippen molar-refractivity contribution in [1.29, 1.82) is 0 Å². The molecule has 0 amide bonds. The molecular formula is C14H21F2NO. The van der Waals surface area contributed by atoms with Crippen molar-refractivity contribution in [2.24, 2.45) is 0 Å². The minimum Gasteiger partial charge on any atom is -0.494 e. The number of hydrogen-bond donors (Lipinski definition) is 1. The van der Waals surface area contributed by atoms with Gasteiger partial charge in [-0.2, -0.15) is 0 Å². The molecule has 2 nitrogen and oxygen atoms in total. The molecule has 102 valence electrons. The van der Waals surface area contributed by atoms with E-state index in [0.29, 0.717) is 24.5 Å². The first-order valence-electron chi connectivity index (χ1n) is 6.43. The van der Waals surface area contributed by atoms with Gasteiger partial charge >= 0.3 is 0 Å². The molecular weight excluding hydrogens is 236 g/mol. The van der Waals surface area contributed by atoms with E-state index in [1.165, 1.54) is 0 Å². The summed E-state index contributed by atoms with van der Waals surface area (Å²) in [5, 5.41) is 2.86. The third-order valence-electron chi connectivity index (χ3n) is 2.56. The predicted octanol–water partition coefficient (Wildman–Crippen LogP) is 3.78. The Morgan fingerprint density at radius 1 is 1.22 bits per heavy atom. The fourth-order valence-electron chi connectivity index (χ4n) is 1.67. The molecule has 0 radical (unpaired) electrons. The second-order valence-electron chi connectivity index (χ2n) is 4.19. The summed E-state index contributed by atoms with van der Waals surface area (Å²) in [6.07, 6.45) is -0.691. The van der Waals surface area contributed by atoms with Crippen LogP contribution in [0, 0.1) is 0 Å². The van der Waals surface area contributed by atoms with Crippen molar-refractivity contribution in [3.63, 3.8) is 0 Å². The highest BCUT2D eigenvalue weighted by Crippen LogP contribution is 2.24. The molecule has 0 aliphatic rings. The lowest BCUT2D eigenvalue weighted by Gasteiger charge is -2.18. The quantitative estimate of drug-likeness (QED) is 0.765. The van der Waals surface area contributed by atoms with E-state index < -0.39 is 12.5 Å². The fourth-order valence-corrected chi connectivity index (χ4v) is 1.67. The van der Waals surface area contributed by atoms with Crippen molar-refractivity contribution >= 4 is 0 Å². The highest BCUT2D eigenvalue weighted by atomic mass is 19.3. The van der Waals surface area contributed by atoms with Gasteiger partial charge in [-0.1, -0.05) is 26.0 Å². The Balaban J connectivity index is 2.77. The average Bonchev–Trinajstić information content (AvgIpc) is 2.37. The van der Waals surface area contributed by atoms with Gasteiger partial charge in [-0.25, -0.2) is 8.78 Å². The summed E-state index contributed by atoms with van der Waals surface area (Å²) in [7, 11) is 0. The van der Waals surface area contributed by atoms with Crippen molar-refractivity contribution in [3.05, 3.63) is 29.8 Å². The summed E-state index contributed by atoms with van der Waals surface area (Å²) in [5.74, 6) is 0.651. The van der Waals surface area contributed by atoms with E-state index in [1.54, 1.807) is 24.3 Å². The standard InChI is InChI=1S/C14H21F2NO/c1-3-8-17-13(14(15)16)11-6-5-7-12(10-11)18-9-4-2/h5-7,10,13-14,17H,3-4,8-9H2,1-2H3. The molecule has 0 saturated carbocycles. The molecule has 1 N–H and O–H groups in total. The monoisotopic (exact) mass is 257 g/mol. The van der Waals surface area contributed by atoms with Crippen LogP contribution < -0.4 is 10.1 Å². The number of ether oxygens (including phenoxy) is 1. The highest BCUT2D eigenvalue weighted by Gasteiger charge is 2.21. The third kappa shape index (κ3) is 4.61. The van der Waals surface area contributed by atoms with E-state index in [-0.39, 0.29) is 0 Å². The molecule has 0 aromatic heterocycles. The second kappa shape index (κ2) is 8.03. The van der Waals surface area contributed by atoms with Crippen molar-refractivity contribution < 1.29 is 13.5 Å². The maximum Gasteiger partial charge on any atom is 0.257 e. The molecule has 1 aromatic rings. The summed E-state index contributed by atoms with van der Waals surface area (Å²) in [6, 6.07) is 6.02. The number of halogens is 2. The van der Waals surface area contributed by atoms with E-state index in [4.69, 9.17) is 4.74 Å². The zero-order chi connectivity index (χ0) is 13.4. The Morgan fingerprint density at radius 2 is 2.00 bits per heavy atom. The zero-order valence-electron chi connectivity index (χ0n) is 11.0. The van der Waals surface area contributed by atoms with Crippen molar-refractivity contribution in [2.45, 2.75) is 39.2 Å². The van der Waals surface area contributed by atoms with Gasteiger partial charge in [0.15, 0.2) is 0 Å². The topological polar surface area (TPSA) is 21.3 Å². The summed E-state index contributed by atoms with van der Waals surface area (Å²) in [4.78, 5) is 0. The first kappa shape index (κ1) is 14.9. The smallest absolute Gasteiger partial charge is 0.257 e. The third-order valence-corrected chi connectivity index (χ3v) is 2.56. The Hall–Kier alpha value is -1.16. The van der Waals surface area contributed by atoms with Crippen molar-refractivity contribution in [3.8, 4) is 5.75 Å². The van der Waals surface area contributed by atoms with Gasteiger partial charge in [-0.3, -0.25) is 0 Å². The molecule has 0 bridgehead atoms. The van der Waals surface area contributed by atoms with Crippen LogP contribution in [0.3, 0.4) is 0 Å². The van der Waals surface area contributed by atoms with E-state index in [9.17, 15) is 8.78 Å².